The van der Waals surface area contributed by atoms with Crippen LogP contribution in [0.2, 0.25) is 0 Å². The Morgan fingerprint density at radius 1 is 1.24 bits per heavy atom. The van der Waals surface area contributed by atoms with E-state index in [1.54, 1.807) is 6.20 Å². The van der Waals surface area contributed by atoms with Crippen LogP contribution >= 0.6 is 0 Å². The summed E-state index contributed by atoms with van der Waals surface area (Å²) < 4.78 is 7.66. The summed E-state index contributed by atoms with van der Waals surface area (Å²) in [4.78, 5) is 12.0. The van der Waals surface area contributed by atoms with Crippen molar-refractivity contribution in [3.8, 4) is 11.8 Å². The van der Waals surface area contributed by atoms with E-state index in [0.29, 0.717) is 25.3 Å². The van der Waals surface area contributed by atoms with Gasteiger partial charge in [0.15, 0.2) is 5.75 Å². The molecule has 2 aromatic rings. The van der Waals surface area contributed by atoms with Crippen LogP contribution in [0.1, 0.15) is 24.1 Å². The number of nitrogens with zero attached hydrogens (tertiary/aromatic N) is 2. The van der Waals surface area contributed by atoms with Gasteiger partial charge in [-0.1, -0.05) is 30.3 Å². The van der Waals surface area contributed by atoms with Gasteiger partial charge in [-0.25, -0.2) is 0 Å². The lowest BCUT2D eigenvalue weighted by atomic mass is 10.2. The second kappa shape index (κ2) is 7.30. The number of hydrogen-bond acceptors (Lipinski definition) is 3. The predicted octanol–water partition coefficient (Wildman–Crippen LogP) is 3.04. The van der Waals surface area contributed by atoms with Crippen LogP contribution in [0, 0.1) is 18.3 Å². The van der Waals surface area contributed by atoms with E-state index in [1.807, 2.05) is 41.8 Å². The molecule has 0 aliphatic carbocycles. The molecule has 0 fully saturated rings. The van der Waals surface area contributed by atoms with Crippen LogP contribution in [-0.4, -0.2) is 4.57 Å². The summed E-state index contributed by atoms with van der Waals surface area (Å²) in [6, 6.07) is 13.4. The van der Waals surface area contributed by atoms with Gasteiger partial charge in [0.1, 0.15) is 6.61 Å². The standard InChI is InChI=1S/C17H18N2O2/c1-14-17(21-13-15-7-3-2-4-8-15)16(20)9-12-19(14)11-6-5-10-18/h2-4,7-9,12H,5-6,11,13H2,1H3. The van der Waals surface area contributed by atoms with Gasteiger partial charge in [-0.2, -0.15) is 5.26 Å². The fraction of sp³-hybridized carbons (Fsp3) is 0.294. The van der Waals surface area contributed by atoms with Crippen LogP contribution in [0.4, 0.5) is 0 Å². The molecular formula is C17H18N2O2. The van der Waals surface area contributed by atoms with E-state index in [4.69, 9.17) is 10.00 Å². The Hall–Kier alpha value is -2.54. The summed E-state index contributed by atoms with van der Waals surface area (Å²) in [6.45, 7) is 2.95. The van der Waals surface area contributed by atoms with Gasteiger partial charge in [-0.3, -0.25) is 4.79 Å². The van der Waals surface area contributed by atoms with Crippen molar-refractivity contribution in [2.24, 2.45) is 0 Å². The van der Waals surface area contributed by atoms with Crippen molar-refractivity contribution in [2.75, 3.05) is 0 Å². The van der Waals surface area contributed by atoms with E-state index in [0.717, 1.165) is 17.7 Å². The topological polar surface area (TPSA) is 55.0 Å². The fourth-order valence-electron chi connectivity index (χ4n) is 2.13. The highest BCUT2D eigenvalue weighted by molar-refractivity contribution is 5.28. The molecule has 0 atom stereocenters. The Morgan fingerprint density at radius 2 is 2.00 bits per heavy atom. The van der Waals surface area contributed by atoms with Gasteiger partial charge in [-0.15, -0.1) is 0 Å². The SMILES string of the molecule is Cc1c(OCc2ccccc2)c(=O)ccn1CCCC#N. The minimum absolute atomic E-state index is 0.111. The third kappa shape index (κ3) is 3.96. The largest absolute Gasteiger partial charge is 0.483 e. The Balaban J connectivity index is 2.13. The minimum Gasteiger partial charge on any atom is -0.483 e. The van der Waals surface area contributed by atoms with Crippen molar-refractivity contribution < 1.29 is 4.74 Å². The first-order valence-electron chi connectivity index (χ1n) is 6.96. The van der Waals surface area contributed by atoms with Crippen molar-refractivity contribution in [3.63, 3.8) is 0 Å². The van der Waals surface area contributed by atoms with Crippen LogP contribution in [0.15, 0.2) is 47.4 Å². The average Bonchev–Trinajstić information content (AvgIpc) is 2.50. The molecule has 0 saturated carbocycles. The molecule has 1 aromatic carbocycles. The van der Waals surface area contributed by atoms with Crippen molar-refractivity contribution in [3.05, 3.63) is 64.1 Å². The summed E-state index contributed by atoms with van der Waals surface area (Å²) in [7, 11) is 0. The van der Waals surface area contributed by atoms with E-state index >= 15 is 0 Å². The number of aromatic nitrogens is 1. The maximum Gasteiger partial charge on any atom is 0.223 e. The summed E-state index contributed by atoms with van der Waals surface area (Å²) >= 11 is 0. The van der Waals surface area contributed by atoms with Crippen LogP contribution < -0.4 is 10.2 Å². The molecular weight excluding hydrogens is 264 g/mol. The molecule has 2 rings (SSSR count). The van der Waals surface area contributed by atoms with Crippen molar-refractivity contribution in [2.45, 2.75) is 32.9 Å². The van der Waals surface area contributed by atoms with Crippen LogP contribution in [0.3, 0.4) is 0 Å². The zero-order chi connectivity index (χ0) is 15.1. The Kier molecular flexibility index (Phi) is 5.16. The summed E-state index contributed by atoms with van der Waals surface area (Å²) in [5.74, 6) is 0.387. The molecule has 0 aliphatic rings. The molecule has 108 valence electrons. The molecule has 0 spiro atoms. The summed E-state index contributed by atoms with van der Waals surface area (Å²) in [5.41, 5.74) is 1.72. The van der Waals surface area contributed by atoms with Gasteiger partial charge in [0.05, 0.1) is 11.8 Å². The number of ether oxygens (including phenoxy) is 1. The van der Waals surface area contributed by atoms with Gasteiger partial charge < -0.3 is 9.30 Å². The van der Waals surface area contributed by atoms with Crippen LogP contribution in [0.25, 0.3) is 0 Å². The number of pyridine rings is 1. The van der Waals surface area contributed by atoms with Crippen molar-refractivity contribution >= 4 is 0 Å². The van der Waals surface area contributed by atoms with Crippen LogP contribution in [0.5, 0.6) is 5.75 Å². The number of nitriles is 1. The molecule has 0 N–H and O–H groups in total. The second-order valence-electron chi connectivity index (χ2n) is 4.82. The smallest absolute Gasteiger partial charge is 0.223 e. The van der Waals surface area contributed by atoms with Gasteiger partial charge in [-0.05, 0) is 18.9 Å². The molecule has 0 bridgehead atoms. The number of unbranched alkanes of at least 4 members (excludes halogenated alkanes) is 1. The lowest BCUT2D eigenvalue weighted by molar-refractivity contribution is 0.297. The first-order chi connectivity index (χ1) is 10.2. The third-order valence-electron chi connectivity index (χ3n) is 3.30. The molecule has 4 heteroatoms. The van der Waals surface area contributed by atoms with Crippen LogP contribution in [-0.2, 0) is 13.2 Å². The van der Waals surface area contributed by atoms with Gasteiger partial charge in [0.2, 0.25) is 5.43 Å². The predicted molar refractivity (Wildman–Crippen MR) is 81.1 cm³/mol. The van der Waals surface area contributed by atoms with Gasteiger partial charge >= 0.3 is 0 Å². The van der Waals surface area contributed by atoms with Crippen molar-refractivity contribution in [1.82, 2.24) is 4.57 Å². The zero-order valence-electron chi connectivity index (χ0n) is 12.1. The highest BCUT2D eigenvalue weighted by Crippen LogP contribution is 2.14. The van der Waals surface area contributed by atoms with Gasteiger partial charge in [0.25, 0.3) is 0 Å². The number of hydrogen-bond donors (Lipinski definition) is 0. The molecule has 0 amide bonds. The molecule has 0 unspecified atom stereocenters. The number of benzene rings is 1. The lowest BCUT2D eigenvalue weighted by Crippen LogP contribution is -2.15. The highest BCUT2D eigenvalue weighted by atomic mass is 16.5. The first-order valence-corrected chi connectivity index (χ1v) is 6.96. The zero-order valence-corrected chi connectivity index (χ0v) is 12.1. The van der Waals surface area contributed by atoms with E-state index < -0.39 is 0 Å². The van der Waals surface area contributed by atoms with E-state index in [1.165, 1.54) is 6.07 Å². The van der Waals surface area contributed by atoms with E-state index in [9.17, 15) is 4.79 Å². The molecule has 0 saturated heterocycles. The second-order valence-corrected chi connectivity index (χ2v) is 4.82. The Labute approximate surface area is 124 Å². The quantitative estimate of drug-likeness (QED) is 0.765. The molecule has 1 heterocycles. The fourth-order valence-corrected chi connectivity index (χ4v) is 2.13. The normalized spacial score (nSPS) is 10.1. The molecule has 4 nitrogen and oxygen atoms in total. The molecule has 21 heavy (non-hydrogen) atoms. The summed E-state index contributed by atoms with van der Waals surface area (Å²) in [5, 5.41) is 8.59. The molecule has 0 radical (unpaired) electrons. The first kappa shape index (κ1) is 14.9. The highest BCUT2D eigenvalue weighted by Gasteiger charge is 2.08. The Morgan fingerprint density at radius 3 is 2.71 bits per heavy atom. The third-order valence-corrected chi connectivity index (χ3v) is 3.30. The average molecular weight is 282 g/mol. The van der Waals surface area contributed by atoms with Gasteiger partial charge in [0, 0.05) is 25.2 Å². The monoisotopic (exact) mass is 282 g/mol. The Bertz CT molecular complexity index is 684. The minimum atomic E-state index is -0.111. The van der Waals surface area contributed by atoms with E-state index in [-0.39, 0.29) is 5.43 Å². The molecule has 1 aromatic heterocycles. The number of rotatable bonds is 6. The van der Waals surface area contributed by atoms with Crippen molar-refractivity contribution in [1.29, 1.82) is 5.26 Å². The maximum atomic E-state index is 12.0. The molecule has 0 aliphatic heterocycles. The number of aryl methyl sites for hydroxylation is 1. The van der Waals surface area contributed by atoms with E-state index in [2.05, 4.69) is 6.07 Å². The maximum absolute atomic E-state index is 12.0. The lowest BCUT2D eigenvalue weighted by Gasteiger charge is -2.14. The summed E-state index contributed by atoms with van der Waals surface area (Å²) in [6.07, 6.45) is 3.02.